The first-order valence-corrected chi connectivity index (χ1v) is 6.43. The quantitative estimate of drug-likeness (QED) is 0.881. The molecular weight excluding hydrogens is 235 g/mol. The standard InChI is InChI=1S/C14H15FOS/c1-14(16,10-12-6-4-8-17-12)9-11-5-2-3-7-13(11)15/h2-8,16H,9-10H2,1H3. The van der Waals surface area contributed by atoms with Gasteiger partial charge in [0.25, 0.3) is 0 Å². The molecule has 90 valence electrons. The summed E-state index contributed by atoms with van der Waals surface area (Å²) in [5.41, 5.74) is -0.346. The maximum Gasteiger partial charge on any atom is 0.126 e. The molecule has 1 nitrogen and oxygen atoms in total. The second-order valence-corrected chi connectivity index (χ2v) is 5.55. The van der Waals surface area contributed by atoms with Crippen molar-refractivity contribution in [1.29, 1.82) is 0 Å². The summed E-state index contributed by atoms with van der Waals surface area (Å²) < 4.78 is 13.5. The van der Waals surface area contributed by atoms with Gasteiger partial charge in [-0.3, -0.25) is 0 Å². The van der Waals surface area contributed by atoms with E-state index in [0.29, 0.717) is 18.4 Å². The summed E-state index contributed by atoms with van der Waals surface area (Å²) in [6.45, 7) is 1.75. The van der Waals surface area contributed by atoms with Crippen LogP contribution in [0.25, 0.3) is 0 Å². The highest BCUT2D eigenvalue weighted by Crippen LogP contribution is 2.22. The molecule has 2 aromatic rings. The lowest BCUT2D eigenvalue weighted by Gasteiger charge is -2.23. The monoisotopic (exact) mass is 250 g/mol. The van der Waals surface area contributed by atoms with Crippen molar-refractivity contribution >= 4 is 11.3 Å². The van der Waals surface area contributed by atoms with E-state index in [1.807, 2.05) is 17.5 Å². The third-order valence-corrected chi connectivity index (χ3v) is 3.54. The lowest BCUT2D eigenvalue weighted by molar-refractivity contribution is 0.0607. The molecule has 0 bridgehead atoms. The van der Waals surface area contributed by atoms with Gasteiger partial charge in [0, 0.05) is 17.7 Å². The summed E-state index contributed by atoms with van der Waals surface area (Å²) in [6, 6.07) is 10.5. The Hall–Kier alpha value is -1.19. The van der Waals surface area contributed by atoms with Gasteiger partial charge in [0.15, 0.2) is 0 Å². The van der Waals surface area contributed by atoms with Crippen molar-refractivity contribution in [2.45, 2.75) is 25.4 Å². The van der Waals surface area contributed by atoms with E-state index in [2.05, 4.69) is 0 Å². The molecule has 1 N–H and O–H groups in total. The lowest BCUT2D eigenvalue weighted by Crippen LogP contribution is -2.30. The summed E-state index contributed by atoms with van der Waals surface area (Å²) in [7, 11) is 0. The molecule has 0 spiro atoms. The maximum absolute atomic E-state index is 13.5. The Morgan fingerprint density at radius 3 is 2.59 bits per heavy atom. The molecule has 0 amide bonds. The minimum absolute atomic E-state index is 0.251. The highest BCUT2D eigenvalue weighted by atomic mass is 32.1. The van der Waals surface area contributed by atoms with Crippen LogP contribution in [0.4, 0.5) is 4.39 Å². The van der Waals surface area contributed by atoms with E-state index in [0.717, 1.165) is 4.88 Å². The number of thiophene rings is 1. The third kappa shape index (κ3) is 3.38. The van der Waals surface area contributed by atoms with Gasteiger partial charge in [-0.2, -0.15) is 0 Å². The topological polar surface area (TPSA) is 20.2 Å². The molecule has 3 heteroatoms. The largest absolute Gasteiger partial charge is 0.389 e. The Morgan fingerprint density at radius 2 is 1.94 bits per heavy atom. The van der Waals surface area contributed by atoms with Gasteiger partial charge in [-0.1, -0.05) is 24.3 Å². The first kappa shape index (κ1) is 12.3. The molecule has 1 aromatic carbocycles. The van der Waals surface area contributed by atoms with Crippen LogP contribution in [0, 0.1) is 5.82 Å². The Morgan fingerprint density at radius 1 is 1.18 bits per heavy atom. The zero-order valence-electron chi connectivity index (χ0n) is 9.69. The molecule has 0 aliphatic carbocycles. The fraction of sp³-hybridized carbons (Fsp3) is 0.286. The van der Waals surface area contributed by atoms with E-state index in [9.17, 15) is 9.50 Å². The zero-order valence-corrected chi connectivity index (χ0v) is 10.5. The van der Waals surface area contributed by atoms with Gasteiger partial charge < -0.3 is 5.11 Å². The number of rotatable bonds is 4. The van der Waals surface area contributed by atoms with Crippen LogP contribution in [0.3, 0.4) is 0 Å². The Balaban J connectivity index is 2.09. The van der Waals surface area contributed by atoms with Gasteiger partial charge in [0.1, 0.15) is 5.82 Å². The smallest absolute Gasteiger partial charge is 0.126 e. The Kier molecular flexibility index (Phi) is 3.60. The minimum Gasteiger partial charge on any atom is -0.389 e. The Labute approximate surface area is 105 Å². The molecule has 1 heterocycles. The predicted octanol–water partition coefficient (Wildman–Crippen LogP) is 3.42. The molecule has 1 atom stereocenters. The van der Waals surface area contributed by atoms with E-state index in [4.69, 9.17) is 0 Å². The predicted molar refractivity (Wildman–Crippen MR) is 68.8 cm³/mol. The third-order valence-electron chi connectivity index (χ3n) is 2.66. The van der Waals surface area contributed by atoms with Crippen molar-refractivity contribution in [2.24, 2.45) is 0 Å². The summed E-state index contributed by atoms with van der Waals surface area (Å²) in [4.78, 5) is 1.12. The van der Waals surface area contributed by atoms with Crippen molar-refractivity contribution in [3.63, 3.8) is 0 Å². The summed E-state index contributed by atoms with van der Waals surface area (Å²) in [6.07, 6.45) is 0.885. The van der Waals surface area contributed by atoms with Crippen LogP contribution in [-0.4, -0.2) is 10.7 Å². The zero-order chi connectivity index (χ0) is 12.3. The number of hydrogen-bond acceptors (Lipinski definition) is 2. The van der Waals surface area contributed by atoms with Crippen LogP contribution in [0.1, 0.15) is 17.4 Å². The fourth-order valence-electron chi connectivity index (χ4n) is 1.90. The molecule has 0 aliphatic rings. The average Bonchev–Trinajstić information content (AvgIpc) is 2.73. The number of benzene rings is 1. The van der Waals surface area contributed by atoms with E-state index in [1.165, 1.54) is 6.07 Å². The van der Waals surface area contributed by atoms with E-state index < -0.39 is 5.60 Å². The number of hydrogen-bond donors (Lipinski definition) is 1. The van der Waals surface area contributed by atoms with Gasteiger partial charge in [0.05, 0.1) is 5.60 Å². The molecule has 0 aliphatic heterocycles. The lowest BCUT2D eigenvalue weighted by atomic mass is 9.92. The highest BCUT2D eigenvalue weighted by Gasteiger charge is 2.23. The normalized spacial score (nSPS) is 14.5. The molecular formula is C14H15FOS. The molecule has 17 heavy (non-hydrogen) atoms. The van der Waals surface area contributed by atoms with Crippen LogP contribution in [0.15, 0.2) is 41.8 Å². The van der Waals surface area contributed by atoms with Crippen LogP contribution < -0.4 is 0 Å². The highest BCUT2D eigenvalue weighted by molar-refractivity contribution is 7.09. The van der Waals surface area contributed by atoms with Gasteiger partial charge >= 0.3 is 0 Å². The summed E-state index contributed by atoms with van der Waals surface area (Å²) >= 11 is 1.61. The van der Waals surface area contributed by atoms with Crippen molar-refractivity contribution < 1.29 is 9.50 Å². The van der Waals surface area contributed by atoms with Crippen molar-refractivity contribution in [2.75, 3.05) is 0 Å². The first-order valence-electron chi connectivity index (χ1n) is 5.55. The van der Waals surface area contributed by atoms with Crippen LogP contribution >= 0.6 is 11.3 Å². The second kappa shape index (κ2) is 4.98. The molecule has 0 saturated carbocycles. The number of halogens is 1. The SMILES string of the molecule is CC(O)(Cc1cccs1)Cc1ccccc1F. The molecule has 0 fully saturated rings. The average molecular weight is 250 g/mol. The molecule has 2 rings (SSSR count). The molecule has 1 aromatic heterocycles. The summed E-state index contributed by atoms with van der Waals surface area (Å²) in [5, 5.41) is 12.3. The van der Waals surface area contributed by atoms with Crippen LogP contribution in [-0.2, 0) is 12.8 Å². The molecule has 1 unspecified atom stereocenters. The van der Waals surface area contributed by atoms with Gasteiger partial charge in [0.2, 0.25) is 0 Å². The fourth-order valence-corrected chi connectivity index (χ4v) is 2.79. The maximum atomic E-state index is 13.5. The van der Waals surface area contributed by atoms with Crippen LogP contribution in [0.2, 0.25) is 0 Å². The van der Waals surface area contributed by atoms with E-state index >= 15 is 0 Å². The van der Waals surface area contributed by atoms with Crippen molar-refractivity contribution in [3.8, 4) is 0 Å². The van der Waals surface area contributed by atoms with Gasteiger partial charge in [-0.05, 0) is 30.0 Å². The van der Waals surface area contributed by atoms with Gasteiger partial charge in [-0.25, -0.2) is 4.39 Å². The van der Waals surface area contributed by atoms with Crippen molar-refractivity contribution in [3.05, 3.63) is 58.0 Å². The molecule has 0 radical (unpaired) electrons. The second-order valence-electron chi connectivity index (χ2n) is 4.52. The van der Waals surface area contributed by atoms with Crippen LogP contribution in [0.5, 0.6) is 0 Å². The molecule has 0 saturated heterocycles. The van der Waals surface area contributed by atoms with E-state index in [1.54, 1.807) is 36.5 Å². The van der Waals surface area contributed by atoms with Gasteiger partial charge in [-0.15, -0.1) is 11.3 Å². The minimum atomic E-state index is -0.910. The number of aliphatic hydroxyl groups is 1. The van der Waals surface area contributed by atoms with Crippen molar-refractivity contribution in [1.82, 2.24) is 0 Å². The Bertz CT molecular complexity index is 477. The summed E-state index contributed by atoms with van der Waals surface area (Å²) in [5.74, 6) is -0.251. The first-order chi connectivity index (χ1) is 8.07. The van der Waals surface area contributed by atoms with E-state index in [-0.39, 0.29) is 5.82 Å².